The zero-order valence-electron chi connectivity index (χ0n) is 15.2. The molecule has 1 atom stereocenters. The molecule has 0 bridgehead atoms. The number of Topliss-reactive ketones (excluding diaryl/α,β-unsaturated/α-hetero) is 1. The number of nitriles is 1. The highest BCUT2D eigenvalue weighted by molar-refractivity contribution is 5.90. The van der Waals surface area contributed by atoms with Crippen LogP contribution in [0, 0.1) is 11.3 Å². The number of nitrogens with one attached hydrogen (secondary N) is 1. The van der Waals surface area contributed by atoms with Crippen molar-refractivity contribution >= 4 is 16.8 Å². The van der Waals surface area contributed by atoms with Crippen molar-refractivity contribution in [1.82, 2.24) is 9.97 Å². The minimum Gasteiger partial charge on any atom is -0.488 e. The van der Waals surface area contributed by atoms with Gasteiger partial charge in [-0.2, -0.15) is 5.26 Å². The van der Waals surface area contributed by atoms with Crippen LogP contribution in [0.25, 0.3) is 11.0 Å². The Morgan fingerprint density at radius 3 is 2.93 bits per heavy atom. The first-order valence-corrected chi connectivity index (χ1v) is 8.76. The molecule has 0 amide bonds. The number of carbonyl (C=O) groups is 1. The number of hydrogen-bond acceptors (Lipinski definition) is 5. The number of para-hydroxylation sites is 3. The van der Waals surface area contributed by atoms with Crippen LogP contribution in [-0.4, -0.2) is 29.0 Å². The van der Waals surface area contributed by atoms with Crippen molar-refractivity contribution in [3.63, 3.8) is 0 Å². The van der Waals surface area contributed by atoms with E-state index in [-0.39, 0.29) is 17.8 Å². The first kappa shape index (κ1) is 17.1. The lowest BCUT2D eigenvalue weighted by Crippen LogP contribution is -2.20. The third kappa shape index (κ3) is 3.02. The molecule has 0 unspecified atom stereocenters. The third-order valence-electron chi connectivity index (χ3n) is 4.79. The van der Waals surface area contributed by atoms with E-state index in [1.54, 1.807) is 6.07 Å². The molecule has 0 saturated carbocycles. The van der Waals surface area contributed by atoms with E-state index in [4.69, 9.17) is 9.47 Å². The van der Waals surface area contributed by atoms with Gasteiger partial charge in [-0.3, -0.25) is 4.79 Å². The zero-order chi connectivity index (χ0) is 19.0. The van der Waals surface area contributed by atoms with E-state index >= 15 is 0 Å². The highest BCUT2D eigenvalue weighted by atomic mass is 16.5. The van der Waals surface area contributed by atoms with E-state index in [0.29, 0.717) is 23.9 Å². The molecular formula is C21H19N3O3. The standard InChI is InChI=1S/C21H19N3O3/c1-21(2)12-27-19-14(21)6-5-9-18(19)26-11-17(25)13(10-22)20-23-15-7-3-4-8-16(15)24-20/h3-9,13H,11-12H2,1-2H3,(H,23,24)/t13-/m0/s1. The van der Waals surface area contributed by atoms with Gasteiger partial charge in [-0.15, -0.1) is 0 Å². The molecule has 0 radical (unpaired) electrons. The van der Waals surface area contributed by atoms with Gasteiger partial charge in [-0.1, -0.05) is 38.1 Å². The van der Waals surface area contributed by atoms with E-state index in [9.17, 15) is 10.1 Å². The third-order valence-corrected chi connectivity index (χ3v) is 4.79. The van der Waals surface area contributed by atoms with Gasteiger partial charge in [0.25, 0.3) is 0 Å². The number of H-pyrrole nitrogens is 1. The predicted molar refractivity (Wildman–Crippen MR) is 99.9 cm³/mol. The summed E-state index contributed by atoms with van der Waals surface area (Å²) in [6.07, 6.45) is 0. The highest BCUT2D eigenvalue weighted by Gasteiger charge is 2.34. The number of benzene rings is 2. The number of aromatic nitrogens is 2. The molecule has 6 nitrogen and oxygen atoms in total. The molecule has 1 aromatic heterocycles. The monoisotopic (exact) mass is 361 g/mol. The van der Waals surface area contributed by atoms with Crippen molar-refractivity contribution in [3.8, 4) is 17.6 Å². The lowest BCUT2D eigenvalue weighted by Gasteiger charge is -2.15. The van der Waals surface area contributed by atoms with Gasteiger partial charge < -0.3 is 14.5 Å². The lowest BCUT2D eigenvalue weighted by atomic mass is 9.87. The first-order valence-electron chi connectivity index (χ1n) is 8.76. The molecule has 0 saturated heterocycles. The Kier molecular flexibility index (Phi) is 4.08. The molecule has 27 heavy (non-hydrogen) atoms. The summed E-state index contributed by atoms with van der Waals surface area (Å²) in [5.41, 5.74) is 2.47. The summed E-state index contributed by atoms with van der Waals surface area (Å²) in [7, 11) is 0. The second-order valence-electron chi connectivity index (χ2n) is 7.26. The van der Waals surface area contributed by atoms with Crippen LogP contribution < -0.4 is 9.47 Å². The van der Waals surface area contributed by atoms with Crippen molar-refractivity contribution < 1.29 is 14.3 Å². The normalized spacial score (nSPS) is 15.6. The Morgan fingerprint density at radius 2 is 2.15 bits per heavy atom. The summed E-state index contributed by atoms with van der Waals surface area (Å²) in [5, 5.41) is 9.48. The molecule has 6 heteroatoms. The minimum absolute atomic E-state index is 0.0951. The number of hydrogen-bond donors (Lipinski definition) is 1. The van der Waals surface area contributed by atoms with Crippen LogP contribution in [0.3, 0.4) is 0 Å². The highest BCUT2D eigenvalue weighted by Crippen LogP contribution is 2.44. The van der Waals surface area contributed by atoms with E-state index in [1.165, 1.54) is 0 Å². The summed E-state index contributed by atoms with van der Waals surface area (Å²) < 4.78 is 11.5. The molecule has 1 N–H and O–H groups in total. The SMILES string of the molecule is CC1(C)COc2c(OCC(=O)[C@H](C#N)c3nc4ccccc4[nH]3)cccc21. The van der Waals surface area contributed by atoms with E-state index < -0.39 is 5.92 Å². The summed E-state index contributed by atoms with van der Waals surface area (Å²) in [6.45, 7) is 4.54. The van der Waals surface area contributed by atoms with E-state index in [0.717, 1.165) is 16.6 Å². The topological polar surface area (TPSA) is 88.0 Å². The van der Waals surface area contributed by atoms with Gasteiger partial charge in [0.1, 0.15) is 12.4 Å². The van der Waals surface area contributed by atoms with E-state index in [2.05, 4.69) is 23.8 Å². The molecule has 0 fully saturated rings. The minimum atomic E-state index is -1.01. The van der Waals surface area contributed by atoms with Gasteiger partial charge in [0.05, 0.1) is 23.7 Å². The Balaban J connectivity index is 1.52. The molecule has 4 rings (SSSR count). The number of fused-ring (bicyclic) bond motifs is 2. The van der Waals surface area contributed by atoms with Crippen LogP contribution >= 0.6 is 0 Å². The largest absolute Gasteiger partial charge is 0.488 e. The molecule has 136 valence electrons. The number of ketones is 1. The Morgan fingerprint density at radius 1 is 1.33 bits per heavy atom. The average Bonchev–Trinajstić information content (AvgIpc) is 3.22. The maximum absolute atomic E-state index is 12.6. The van der Waals surface area contributed by atoms with Gasteiger partial charge in [-0.25, -0.2) is 4.98 Å². The quantitative estimate of drug-likeness (QED) is 0.751. The number of aromatic amines is 1. The molecule has 0 spiro atoms. The second kappa shape index (κ2) is 6.44. The van der Waals surface area contributed by atoms with Crippen molar-refractivity contribution in [3.05, 3.63) is 53.9 Å². The summed E-state index contributed by atoms with van der Waals surface area (Å²) in [4.78, 5) is 20.0. The summed E-state index contributed by atoms with van der Waals surface area (Å²) >= 11 is 0. The van der Waals surface area contributed by atoms with Crippen molar-refractivity contribution in [2.75, 3.05) is 13.2 Å². The first-order chi connectivity index (χ1) is 13.0. The lowest BCUT2D eigenvalue weighted by molar-refractivity contribution is -0.121. The number of nitrogens with zero attached hydrogens (tertiary/aromatic N) is 2. The summed E-state index contributed by atoms with van der Waals surface area (Å²) in [6, 6.07) is 15.1. The van der Waals surface area contributed by atoms with Crippen LogP contribution in [0.1, 0.15) is 31.2 Å². The maximum Gasteiger partial charge on any atom is 0.194 e. The maximum atomic E-state index is 12.6. The number of imidazole rings is 1. The second-order valence-corrected chi connectivity index (χ2v) is 7.26. The van der Waals surface area contributed by atoms with Crippen molar-refractivity contribution in [2.24, 2.45) is 0 Å². The van der Waals surface area contributed by atoms with Gasteiger partial charge in [0.15, 0.2) is 23.2 Å². The number of carbonyl (C=O) groups excluding carboxylic acids is 1. The van der Waals surface area contributed by atoms with Crippen LogP contribution in [0.2, 0.25) is 0 Å². The predicted octanol–water partition coefficient (Wildman–Crippen LogP) is 3.49. The molecule has 0 aliphatic carbocycles. The fraction of sp³-hybridized carbons (Fsp3) is 0.286. The Labute approximate surface area is 156 Å². The van der Waals surface area contributed by atoms with E-state index in [1.807, 2.05) is 42.5 Å². The van der Waals surface area contributed by atoms with Crippen molar-refractivity contribution in [1.29, 1.82) is 5.26 Å². The van der Waals surface area contributed by atoms with Crippen molar-refractivity contribution in [2.45, 2.75) is 25.2 Å². The van der Waals surface area contributed by atoms with Gasteiger partial charge in [-0.05, 0) is 18.2 Å². The molecule has 2 aromatic carbocycles. The molecule has 2 heterocycles. The average molecular weight is 361 g/mol. The van der Waals surface area contributed by atoms with Crippen LogP contribution in [0.5, 0.6) is 11.5 Å². The number of rotatable bonds is 5. The Hall–Kier alpha value is -3.33. The van der Waals surface area contributed by atoms with Crippen LogP contribution in [0.4, 0.5) is 0 Å². The van der Waals surface area contributed by atoms with Gasteiger partial charge in [0, 0.05) is 11.0 Å². The smallest absolute Gasteiger partial charge is 0.194 e. The number of ether oxygens (including phenoxy) is 2. The Bertz CT molecular complexity index is 1030. The fourth-order valence-corrected chi connectivity index (χ4v) is 3.27. The van der Waals surface area contributed by atoms with Crippen LogP contribution in [-0.2, 0) is 10.2 Å². The van der Waals surface area contributed by atoms with Gasteiger partial charge in [0.2, 0.25) is 0 Å². The molecule has 3 aromatic rings. The molecule has 1 aliphatic rings. The fourth-order valence-electron chi connectivity index (χ4n) is 3.27. The zero-order valence-corrected chi connectivity index (χ0v) is 15.2. The molecule has 1 aliphatic heterocycles. The summed E-state index contributed by atoms with van der Waals surface area (Å²) in [5.74, 6) is 0.168. The molecular weight excluding hydrogens is 342 g/mol. The van der Waals surface area contributed by atoms with Crippen LogP contribution in [0.15, 0.2) is 42.5 Å². The van der Waals surface area contributed by atoms with Gasteiger partial charge >= 0.3 is 0 Å².